The molecule has 0 aliphatic carbocycles. The molecule has 1 fully saturated rings. The first-order valence-corrected chi connectivity index (χ1v) is 6.95. The highest BCUT2D eigenvalue weighted by molar-refractivity contribution is 7.99. The topological polar surface area (TPSA) is 57.6 Å². The number of thioether (sulfide) groups is 1. The Kier molecular flexibility index (Phi) is 4.65. The number of hydrogen-bond acceptors (Lipinski definition) is 3. The first-order valence-electron chi connectivity index (χ1n) is 5.56. The molecule has 0 spiro atoms. The van der Waals surface area contributed by atoms with Crippen molar-refractivity contribution >= 4 is 23.6 Å². The average Bonchev–Trinajstić information content (AvgIpc) is 2.29. The summed E-state index contributed by atoms with van der Waals surface area (Å²) in [5, 5.41) is 9.28. The quantitative estimate of drug-likeness (QED) is 0.814. The van der Waals surface area contributed by atoms with Crippen LogP contribution in [-0.4, -0.2) is 47.0 Å². The van der Waals surface area contributed by atoms with Crippen molar-refractivity contribution in [1.82, 2.24) is 4.90 Å². The van der Waals surface area contributed by atoms with Crippen molar-refractivity contribution in [3.05, 3.63) is 0 Å². The van der Waals surface area contributed by atoms with Crippen LogP contribution < -0.4 is 0 Å². The number of aliphatic carboxylic acids is 1. The minimum Gasteiger partial charge on any atom is -0.481 e. The summed E-state index contributed by atoms with van der Waals surface area (Å²) in [5.41, 5.74) is -0.716. The van der Waals surface area contributed by atoms with Crippen molar-refractivity contribution in [2.75, 3.05) is 25.1 Å². The maximum atomic E-state index is 11.7. The van der Waals surface area contributed by atoms with E-state index in [1.165, 1.54) is 11.8 Å². The molecule has 92 valence electrons. The number of amides is 1. The van der Waals surface area contributed by atoms with E-state index >= 15 is 0 Å². The smallest absolute Gasteiger partial charge is 0.311 e. The number of piperidine rings is 1. The van der Waals surface area contributed by atoms with Gasteiger partial charge in [0.1, 0.15) is 0 Å². The Balaban J connectivity index is 2.72. The Bertz CT molecular complexity index is 282. The lowest BCUT2D eigenvalue weighted by Crippen LogP contribution is -2.50. The molecule has 1 atom stereocenters. The molecule has 0 saturated carbocycles. The molecule has 1 aliphatic rings. The van der Waals surface area contributed by atoms with E-state index in [1.54, 1.807) is 4.90 Å². The molecule has 0 aromatic heterocycles. The molecular weight excluding hydrogens is 226 g/mol. The second kappa shape index (κ2) is 5.57. The van der Waals surface area contributed by atoms with Gasteiger partial charge in [-0.15, -0.1) is 0 Å². The number of hydrogen-bond donors (Lipinski definition) is 1. The van der Waals surface area contributed by atoms with Crippen molar-refractivity contribution in [1.29, 1.82) is 0 Å². The molecule has 1 saturated heterocycles. The number of carbonyl (C=O) groups is 2. The maximum Gasteiger partial charge on any atom is 0.311 e. The van der Waals surface area contributed by atoms with Crippen molar-refractivity contribution in [2.24, 2.45) is 5.41 Å². The monoisotopic (exact) mass is 245 g/mol. The zero-order valence-corrected chi connectivity index (χ0v) is 10.7. The first kappa shape index (κ1) is 13.4. The fourth-order valence-electron chi connectivity index (χ4n) is 2.17. The zero-order valence-electron chi connectivity index (χ0n) is 9.86. The number of carboxylic acids is 1. The fraction of sp³-hybridized carbons (Fsp3) is 0.818. The number of rotatable bonds is 4. The lowest BCUT2D eigenvalue weighted by Gasteiger charge is -2.39. The van der Waals surface area contributed by atoms with Gasteiger partial charge in [-0.1, -0.05) is 6.92 Å². The van der Waals surface area contributed by atoms with Gasteiger partial charge in [0.15, 0.2) is 0 Å². The molecule has 0 unspecified atom stereocenters. The highest BCUT2D eigenvalue weighted by atomic mass is 32.2. The van der Waals surface area contributed by atoms with Gasteiger partial charge in [0.25, 0.3) is 0 Å². The van der Waals surface area contributed by atoms with Crippen molar-refractivity contribution in [3.63, 3.8) is 0 Å². The molecule has 1 rings (SSSR count). The van der Waals surface area contributed by atoms with Crippen LogP contribution in [-0.2, 0) is 9.59 Å². The summed E-state index contributed by atoms with van der Waals surface area (Å²) in [5.74, 6) is -0.262. The highest BCUT2D eigenvalue weighted by Crippen LogP contribution is 2.33. The van der Waals surface area contributed by atoms with E-state index in [2.05, 4.69) is 0 Å². The molecule has 0 aromatic carbocycles. The summed E-state index contributed by atoms with van der Waals surface area (Å²) in [6, 6.07) is 0. The molecule has 0 bridgehead atoms. The van der Waals surface area contributed by atoms with Crippen LogP contribution in [0.25, 0.3) is 0 Å². The number of likely N-dealkylation sites (tertiary alicyclic amines) is 1. The Labute approximate surface area is 100 Å². The minimum atomic E-state index is -0.767. The van der Waals surface area contributed by atoms with Crippen LogP contribution in [0.3, 0.4) is 0 Å². The minimum absolute atomic E-state index is 0.0614. The summed E-state index contributed by atoms with van der Waals surface area (Å²) in [7, 11) is 0. The summed E-state index contributed by atoms with van der Waals surface area (Å²) >= 11 is 1.48. The Morgan fingerprint density at radius 1 is 1.50 bits per heavy atom. The summed E-state index contributed by atoms with van der Waals surface area (Å²) in [6.45, 7) is 2.96. The van der Waals surface area contributed by atoms with Crippen LogP contribution in [0.1, 0.15) is 26.2 Å². The third kappa shape index (κ3) is 2.70. The second-order valence-electron chi connectivity index (χ2n) is 4.29. The van der Waals surface area contributed by atoms with Gasteiger partial charge in [-0.2, -0.15) is 11.8 Å². The fourth-order valence-corrected chi connectivity index (χ4v) is 2.60. The van der Waals surface area contributed by atoms with Crippen molar-refractivity contribution in [3.8, 4) is 0 Å². The lowest BCUT2D eigenvalue weighted by molar-refractivity contribution is -0.154. The van der Waals surface area contributed by atoms with Crippen LogP contribution in [0, 0.1) is 5.41 Å². The normalized spacial score (nSPS) is 25.5. The van der Waals surface area contributed by atoms with Crippen LogP contribution in [0.5, 0.6) is 0 Å². The molecule has 5 heteroatoms. The summed E-state index contributed by atoms with van der Waals surface area (Å²) < 4.78 is 0. The largest absolute Gasteiger partial charge is 0.481 e. The van der Waals surface area contributed by atoms with Crippen LogP contribution >= 0.6 is 11.8 Å². The van der Waals surface area contributed by atoms with Crippen molar-refractivity contribution < 1.29 is 14.7 Å². The summed E-state index contributed by atoms with van der Waals surface area (Å²) in [6.07, 6.45) is 3.94. The van der Waals surface area contributed by atoms with Gasteiger partial charge in [0, 0.05) is 13.1 Å². The van der Waals surface area contributed by atoms with E-state index in [-0.39, 0.29) is 5.91 Å². The van der Waals surface area contributed by atoms with Gasteiger partial charge in [-0.25, -0.2) is 0 Å². The average molecular weight is 245 g/mol. The molecule has 0 aromatic rings. The van der Waals surface area contributed by atoms with Gasteiger partial charge in [0.05, 0.1) is 11.2 Å². The van der Waals surface area contributed by atoms with E-state index in [0.29, 0.717) is 31.7 Å². The Hall–Kier alpha value is -0.710. The predicted octanol–water partition coefficient (Wildman–Crippen LogP) is 1.45. The first-order chi connectivity index (χ1) is 7.55. The third-order valence-corrected chi connectivity index (χ3v) is 3.86. The molecule has 1 heterocycles. The molecule has 0 radical (unpaired) electrons. The SMILES string of the molecule is CC[C@]1(C(=O)O)CCCN(C(=O)CSC)C1. The molecular formula is C11H19NO3S. The number of nitrogens with zero attached hydrogens (tertiary/aromatic N) is 1. The van der Waals surface area contributed by atoms with E-state index in [1.807, 2.05) is 13.2 Å². The van der Waals surface area contributed by atoms with Gasteiger partial charge < -0.3 is 10.0 Å². The lowest BCUT2D eigenvalue weighted by atomic mass is 9.77. The molecule has 1 amide bonds. The van der Waals surface area contributed by atoms with E-state index < -0.39 is 11.4 Å². The van der Waals surface area contributed by atoms with Crippen LogP contribution in [0.15, 0.2) is 0 Å². The Morgan fingerprint density at radius 2 is 2.19 bits per heavy atom. The van der Waals surface area contributed by atoms with Gasteiger partial charge in [0.2, 0.25) is 5.91 Å². The molecule has 4 nitrogen and oxygen atoms in total. The number of carbonyl (C=O) groups excluding carboxylic acids is 1. The molecule has 1 N–H and O–H groups in total. The Morgan fingerprint density at radius 3 is 2.69 bits per heavy atom. The van der Waals surface area contributed by atoms with Gasteiger partial charge >= 0.3 is 5.97 Å². The third-order valence-electron chi connectivity index (χ3n) is 3.33. The molecule has 16 heavy (non-hydrogen) atoms. The second-order valence-corrected chi connectivity index (χ2v) is 5.16. The van der Waals surface area contributed by atoms with E-state index in [0.717, 1.165) is 6.42 Å². The highest BCUT2D eigenvalue weighted by Gasteiger charge is 2.41. The maximum absolute atomic E-state index is 11.7. The zero-order chi connectivity index (χ0) is 12.2. The van der Waals surface area contributed by atoms with Crippen LogP contribution in [0.4, 0.5) is 0 Å². The van der Waals surface area contributed by atoms with Crippen molar-refractivity contribution in [2.45, 2.75) is 26.2 Å². The molecule has 1 aliphatic heterocycles. The standard InChI is InChI=1S/C11H19NO3S/c1-3-11(10(14)15)5-4-6-12(8-11)9(13)7-16-2/h3-8H2,1-2H3,(H,14,15)/t11-/m0/s1. The van der Waals surface area contributed by atoms with E-state index in [9.17, 15) is 14.7 Å². The van der Waals surface area contributed by atoms with Crippen LogP contribution in [0.2, 0.25) is 0 Å². The van der Waals surface area contributed by atoms with Gasteiger partial charge in [-0.05, 0) is 25.5 Å². The van der Waals surface area contributed by atoms with E-state index in [4.69, 9.17) is 0 Å². The summed E-state index contributed by atoms with van der Waals surface area (Å²) in [4.78, 5) is 24.7. The van der Waals surface area contributed by atoms with Gasteiger partial charge in [-0.3, -0.25) is 9.59 Å². The number of carboxylic acid groups (broad SMARTS) is 1. The predicted molar refractivity (Wildman–Crippen MR) is 64.6 cm³/mol.